The minimum Gasteiger partial charge on any atom is -0.480 e. The van der Waals surface area contributed by atoms with Crippen molar-refractivity contribution in [3.05, 3.63) is 33.8 Å². The molecule has 1 saturated carbocycles. The fourth-order valence-electron chi connectivity index (χ4n) is 1.80. The van der Waals surface area contributed by atoms with Crippen LogP contribution in [0.25, 0.3) is 0 Å². The maximum absolute atomic E-state index is 10.8. The van der Waals surface area contributed by atoms with Crippen molar-refractivity contribution in [1.29, 1.82) is 0 Å². The number of nitrogens with zero attached hydrogens (tertiary/aromatic N) is 1. The summed E-state index contributed by atoms with van der Waals surface area (Å²) in [7, 11) is 0. The van der Waals surface area contributed by atoms with Gasteiger partial charge < -0.3 is 5.11 Å². The van der Waals surface area contributed by atoms with E-state index in [2.05, 4.69) is 0 Å². The first kappa shape index (κ1) is 12.7. The van der Waals surface area contributed by atoms with E-state index in [9.17, 15) is 4.79 Å². The number of hydrogen-bond donors (Lipinski definition) is 1. The van der Waals surface area contributed by atoms with Gasteiger partial charge in [-0.05, 0) is 30.5 Å². The number of halogens is 2. The average Bonchev–Trinajstić information content (AvgIpc) is 3.05. The minimum atomic E-state index is -0.794. The van der Waals surface area contributed by atoms with E-state index in [1.807, 2.05) is 11.0 Å². The highest BCUT2D eigenvalue weighted by Gasteiger charge is 2.30. The SMILES string of the molecule is O=C(O)CN(Cc1ccc(Cl)c(Cl)c1)C1CC1. The molecule has 1 N–H and O–H groups in total. The normalized spacial score (nSPS) is 15.2. The fourth-order valence-corrected chi connectivity index (χ4v) is 2.12. The molecule has 1 aliphatic carbocycles. The van der Waals surface area contributed by atoms with Crippen molar-refractivity contribution in [2.24, 2.45) is 0 Å². The van der Waals surface area contributed by atoms with Gasteiger partial charge in [0, 0.05) is 12.6 Å². The van der Waals surface area contributed by atoms with Gasteiger partial charge in [0.25, 0.3) is 0 Å². The molecule has 1 aromatic carbocycles. The second-order valence-electron chi connectivity index (χ2n) is 4.28. The van der Waals surface area contributed by atoms with Crippen molar-refractivity contribution < 1.29 is 9.90 Å². The van der Waals surface area contributed by atoms with Gasteiger partial charge in [0.1, 0.15) is 0 Å². The molecule has 1 aliphatic rings. The Morgan fingerprint density at radius 2 is 2.06 bits per heavy atom. The molecular weight excluding hydrogens is 261 g/mol. The lowest BCUT2D eigenvalue weighted by molar-refractivity contribution is -0.138. The molecule has 0 aromatic heterocycles. The summed E-state index contributed by atoms with van der Waals surface area (Å²) in [6.45, 7) is 0.679. The summed E-state index contributed by atoms with van der Waals surface area (Å²) in [6, 6.07) is 5.82. The third kappa shape index (κ3) is 3.60. The van der Waals surface area contributed by atoms with Crippen LogP contribution in [0.5, 0.6) is 0 Å². The zero-order valence-electron chi connectivity index (χ0n) is 9.20. The van der Waals surface area contributed by atoms with Crippen LogP contribution in [-0.4, -0.2) is 28.6 Å². The van der Waals surface area contributed by atoms with Gasteiger partial charge in [-0.15, -0.1) is 0 Å². The summed E-state index contributed by atoms with van der Waals surface area (Å²) in [6.07, 6.45) is 2.16. The van der Waals surface area contributed by atoms with Gasteiger partial charge in [0.2, 0.25) is 0 Å². The molecule has 17 heavy (non-hydrogen) atoms. The van der Waals surface area contributed by atoms with Crippen LogP contribution in [0.4, 0.5) is 0 Å². The fraction of sp³-hybridized carbons (Fsp3) is 0.417. The number of benzene rings is 1. The Balaban J connectivity index is 2.06. The van der Waals surface area contributed by atoms with Crippen LogP contribution in [0.3, 0.4) is 0 Å². The molecule has 5 heteroatoms. The van der Waals surface area contributed by atoms with Crippen LogP contribution in [0.1, 0.15) is 18.4 Å². The standard InChI is InChI=1S/C12H13Cl2NO2/c13-10-4-1-8(5-11(10)14)6-15(7-12(16)17)9-2-3-9/h1,4-5,9H,2-3,6-7H2,(H,16,17). The quantitative estimate of drug-likeness (QED) is 0.897. The lowest BCUT2D eigenvalue weighted by Gasteiger charge is -2.19. The van der Waals surface area contributed by atoms with Crippen LogP contribution < -0.4 is 0 Å². The first-order valence-corrected chi connectivity index (χ1v) is 6.21. The van der Waals surface area contributed by atoms with Gasteiger partial charge in [-0.25, -0.2) is 0 Å². The van der Waals surface area contributed by atoms with Crippen LogP contribution in [0, 0.1) is 0 Å². The Kier molecular flexibility index (Phi) is 3.92. The predicted molar refractivity (Wildman–Crippen MR) is 67.5 cm³/mol. The van der Waals surface area contributed by atoms with Crippen molar-refractivity contribution in [1.82, 2.24) is 4.90 Å². The lowest BCUT2D eigenvalue weighted by atomic mass is 10.2. The maximum atomic E-state index is 10.8. The summed E-state index contributed by atoms with van der Waals surface area (Å²) in [5.74, 6) is -0.794. The van der Waals surface area contributed by atoms with E-state index < -0.39 is 5.97 Å². The highest BCUT2D eigenvalue weighted by Crippen LogP contribution is 2.29. The molecule has 0 saturated heterocycles. The van der Waals surface area contributed by atoms with E-state index in [4.69, 9.17) is 28.3 Å². The second kappa shape index (κ2) is 5.25. The topological polar surface area (TPSA) is 40.5 Å². The van der Waals surface area contributed by atoms with Crippen LogP contribution >= 0.6 is 23.2 Å². The summed E-state index contributed by atoms with van der Waals surface area (Å²) >= 11 is 11.8. The van der Waals surface area contributed by atoms with E-state index in [1.165, 1.54) is 0 Å². The van der Waals surface area contributed by atoms with Crippen LogP contribution in [-0.2, 0) is 11.3 Å². The molecule has 0 amide bonds. The Bertz CT molecular complexity index is 433. The van der Waals surface area contributed by atoms with E-state index in [-0.39, 0.29) is 6.54 Å². The molecule has 2 rings (SSSR count). The molecule has 92 valence electrons. The number of aliphatic carboxylic acids is 1. The van der Waals surface area contributed by atoms with Gasteiger partial charge in [-0.3, -0.25) is 9.69 Å². The van der Waals surface area contributed by atoms with E-state index in [1.54, 1.807) is 12.1 Å². The van der Waals surface area contributed by atoms with E-state index >= 15 is 0 Å². The molecule has 1 fully saturated rings. The smallest absolute Gasteiger partial charge is 0.317 e. The average molecular weight is 274 g/mol. The number of carbonyl (C=O) groups is 1. The number of rotatable bonds is 5. The van der Waals surface area contributed by atoms with Crippen molar-refractivity contribution in [2.45, 2.75) is 25.4 Å². The number of carboxylic acid groups (broad SMARTS) is 1. The monoisotopic (exact) mass is 273 g/mol. The van der Waals surface area contributed by atoms with Gasteiger partial charge in [0.15, 0.2) is 0 Å². The molecule has 0 unspecified atom stereocenters. The van der Waals surface area contributed by atoms with E-state index in [0.717, 1.165) is 18.4 Å². The molecule has 1 aromatic rings. The largest absolute Gasteiger partial charge is 0.480 e. The lowest BCUT2D eigenvalue weighted by Crippen LogP contribution is -2.31. The molecule has 3 nitrogen and oxygen atoms in total. The first-order chi connectivity index (χ1) is 8.06. The van der Waals surface area contributed by atoms with Crippen molar-refractivity contribution in [2.75, 3.05) is 6.54 Å². The second-order valence-corrected chi connectivity index (χ2v) is 5.09. The summed E-state index contributed by atoms with van der Waals surface area (Å²) < 4.78 is 0. The van der Waals surface area contributed by atoms with Gasteiger partial charge >= 0.3 is 5.97 Å². The molecule has 0 spiro atoms. The van der Waals surface area contributed by atoms with E-state index in [0.29, 0.717) is 22.6 Å². The van der Waals surface area contributed by atoms with Gasteiger partial charge in [0.05, 0.1) is 16.6 Å². The van der Waals surface area contributed by atoms with Crippen molar-refractivity contribution in [3.63, 3.8) is 0 Å². The minimum absolute atomic E-state index is 0.0743. The van der Waals surface area contributed by atoms with Crippen LogP contribution in [0.15, 0.2) is 18.2 Å². The Hall–Kier alpha value is -0.770. The predicted octanol–water partition coefficient (Wildman–Crippen LogP) is 3.04. The molecule has 0 aliphatic heterocycles. The zero-order chi connectivity index (χ0) is 12.4. The van der Waals surface area contributed by atoms with Gasteiger partial charge in [-0.2, -0.15) is 0 Å². The third-order valence-electron chi connectivity index (χ3n) is 2.77. The number of carboxylic acids is 1. The summed E-state index contributed by atoms with van der Waals surface area (Å²) in [5, 5.41) is 9.88. The third-order valence-corrected chi connectivity index (χ3v) is 3.51. The highest BCUT2D eigenvalue weighted by atomic mass is 35.5. The zero-order valence-corrected chi connectivity index (χ0v) is 10.7. The Labute approximate surface area is 110 Å². The summed E-state index contributed by atoms with van der Waals surface area (Å²) in [4.78, 5) is 12.7. The molecule has 0 atom stereocenters. The van der Waals surface area contributed by atoms with Crippen molar-refractivity contribution >= 4 is 29.2 Å². The maximum Gasteiger partial charge on any atom is 0.317 e. The van der Waals surface area contributed by atoms with Gasteiger partial charge in [-0.1, -0.05) is 29.3 Å². The molecule has 0 heterocycles. The Morgan fingerprint density at radius 1 is 1.35 bits per heavy atom. The van der Waals surface area contributed by atoms with Crippen LogP contribution in [0.2, 0.25) is 10.0 Å². The Morgan fingerprint density at radius 3 is 2.59 bits per heavy atom. The summed E-state index contributed by atoms with van der Waals surface area (Å²) in [5.41, 5.74) is 0.993. The molecule has 0 radical (unpaired) electrons. The van der Waals surface area contributed by atoms with Crippen molar-refractivity contribution in [3.8, 4) is 0 Å². The molecular formula is C12H13Cl2NO2. The first-order valence-electron chi connectivity index (χ1n) is 5.46. The highest BCUT2D eigenvalue weighted by molar-refractivity contribution is 6.42. The number of hydrogen-bond acceptors (Lipinski definition) is 2. The molecule has 0 bridgehead atoms.